The van der Waals surface area contributed by atoms with Crippen LogP contribution in [0, 0.1) is 11.8 Å². The Hall–Kier alpha value is -2.73. The molecule has 0 aromatic carbocycles. The summed E-state index contributed by atoms with van der Waals surface area (Å²) < 4.78 is 0. The van der Waals surface area contributed by atoms with Crippen LogP contribution in [-0.4, -0.2) is 75.3 Å². The molecule has 3 amide bonds. The van der Waals surface area contributed by atoms with E-state index < -0.39 is 72.3 Å². The SMILES string of the molecule is CC(C)C(N)C(=O)NC(CCC(=O)O)C(=O)NC(C(=O)NC(C(=O)O)C(C)O)C(C)C. The highest BCUT2D eigenvalue weighted by Crippen LogP contribution is 2.07. The second kappa shape index (κ2) is 12.8. The molecule has 0 aromatic heterocycles. The predicted octanol–water partition coefficient (Wildman–Crippen LogP) is -1.59. The molecular weight excluding hydrogens is 412 g/mol. The Bertz CT molecular complexity index is 665. The minimum Gasteiger partial charge on any atom is -0.481 e. The molecule has 0 heterocycles. The molecule has 0 bridgehead atoms. The first kappa shape index (κ1) is 28.3. The summed E-state index contributed by atoms with van der Waals surface area (Å²) in [6.45, 7) is 7.80. The van der Waals surface area contributed by atoms with E-state index in [1.807, 2.05) is 0 Å². The summed E-state index contributed by atoms with van der Waals surface area (Å²) >= 11 is 0. The molecular formula is C19H34N4O8. The third kappa shape index (κ3) is 9.75. The van der Waals surface area contributed by atoms with Gasteiger partial charge in [-0.1, -0.05) is 27.7 Å². The Kier molecular flexibility index (Phi) is 11.7. The number of carboxylic acid groups (broad SMARTS) is 2. The van der Waals surface area contributed by atoms with Crippen LogP contribution in [0.15, 0.2) is 0 Å². The van der Waals surface area contributed by atoms with Crippen molar-refractivity contribution in [1.29, 1.82) is 0 Å². The van der Waals surface area contributed by atoms with Gasteiger partial charge in [-0.25, -0.2) is 4.79 Å². The van der Waals surface area contributed by atoms with Gasteiger partial charge in [-0.15, -0.1) is 0 Å². The second-order valence-electron chi connectivity index (χ2n) is 8.06. The number of nitrogens with two attached hydrogens (primary N) is 1. The predicted molar refractivity (Wildman–Crippen MR) is 110 cm³/mol. The van der Waals surface area contributed by atoms with Crippen LogP contribution in [0.3, 0.4) is 0 Å². The molecule has 0 spiro atoms. The number of nitrogens with one attached hydrogen (secondary N) is 3. The fourth-order valence-corrected chi connectivity index (χ4v) is 2.53. The van der Waals surface area contributed by atoms with Gasteiger partial charge in [0.2, 0.25) is 17.7 Å². The van der Waals surface area contributed by atoms with E-state index >= 15 is 0 Å². The molecule has 0 aliphatic heterocycles. The van der Waals surface area contributed by atoms with Crippen LogP contribution in [0.5, 0.6) is 0 Å². The van der Waals surface area contributed by atoms with Crippen molar-refractivity contribution >= 4 is 29.7 Å². The topological polar surface area (TPSA) is 208 Å². The van der Waals surface area contributed by atoms with Crippen LogP contribution < -0.4 is 21.7 Å². The zero-order valence-electron chi connectivity index (χ0n) is 18.4. The Morgan fingerprint density at radius 1 is 0.774 bits per heavy atom. The minimum atomic E-state index is -1.59. The summed E-state index contributed by atoms with van der Waals surface area (Å²) in [6.07, 6.45) is -2.04. The molecule has 0 saturated carbocycles. The molecule has 5 atom stereocenters. The molecule has 8 N–H and O–H groups in total. The maximum atomic E-state index is 12.8. The van der Waals surface area contributed by atoms with Crippen molar-refractivity contribution in [2.75, 3.05) is 0 Å². The maximum Gasteiger partial charge on any atom is 0.328 e. The van der Waals surface area contributed by atoms with Crippen molar-refractivity contribution in [3.8, 4) is 0 Å². The first-order valence-electron chi connectivity index (χ1n) is 9.98. The zero-order chi connectivity index (χ0) is 24.5. The van der Waals surface area contributed by atoms with Gasteiger partial charge in [-0.3, -0.25) is 19.2 Å². The van der Waals surface area contributed by atoms with E-state index in [1.54, 1.807) is 27.7 Å². The van der Waals surface area contributed by atoms with Crippen LogP contribution in [0.2, 0.25) is 0 Å². The highest BCUT2D eigenvalue weighted by Gasteiger charge is 2.33. The summed E-state index contributed by atoms with van der Waals surface area (Å²) in [5, 5.41) is 34.6. The van der Waals surface area contributed by atoms with Gasteiger partial charge in [-0.2, -0.15) is 0 Å². The minimum absolute atomic E-state index is 0.231. The molecule has 0 saturated heterocycles. The van der Waals surface area contributed by atoms with Gasteiger partial charge in [0.05, 0.1) is 12.1 Å². The van der Waals surface area contributed by atoms with Gasteiger partial charge in [0.15, 0.2) is 6.04 Å². The first-order valence-corrected chi connectivity index (χ1v) is 9.98. The van der Waals surface area contributed by atoms with Crippen molar-refractivity contribution < 1.29 is 39.3 Å². The van der Waals surface area contributed by atoms with Crippen LogP contribution in [0.25, 0.3) is 0 Å². The van der Waals surface area contributed by atoms with Crippen molar-refractivity contribution in [3.05, 3.63) is 0 Å². The van der Waals surface area contributed by atoms with E-state index in [0.717, 1.165) is 0 Å². The van der Waals surface area contributed by atoms with E-state index in [9.17, 15) is 29.1 Å². The van der Waals surface area contributed by atoms with Gasteiger partial charge < -0.3 is 37.0 Å². The van der Waals surface area contributed by atoms with Gasteiger partial charge in [0, 0.05) is 6.42 Å². The van der Waals surface area contributed by atoms with Crippen LogP contribution in [0.1, 0.15) is 47.5 Å². The van der Waals surface area contributed by atoms with E-state index in [2.05, 4.69) is 16.0 Å². The first-order chi connectivity index (χ1) is 14.2. The normalized spacial score (nSPS) is 16.0. The average Bonchev–Trinajstić information content (AvgIpc) is 2.64. The fourth-order valence-electron chi connectivity index (χ4n) is 2.53. The number of hydrogen-bond acceptors (Lipinski definition) is 7. The maximum absolute atomic E-state index is 12.8. The van der Waals surface area contributed by atoms with Crippen molar-refractivity contribution in [3.63, 3.8) is 0 Å². The van der Waals surface area contributed by atoms with E-state index in [1.165, 1.54) is 6.92 Å². The number of carboxylic acids is 2. The third-order valence-corrected chi connectivity index (χ3v) is 4.59. The van der Waals surface area contributed by atoms with Gasteiger partial charge in [0.1, 0.15) is 12.1 Å². The molecule has 0 radical (unpaired) electrons. The number of carbonyl (C=O) groups excluding carboxylic acids is 3. The zero-order valence-corrected chi connectivity index (χ0v) is 18.4. The molecule has 0 aliphatic carbocycles. The molecule has 31 heavy (non-hydrogen) atoms. The Morgan fingerprint density at radius 3 is 1.68 bits per heavy atom. The summed E-state index contributed by atoms with van der Waals surface area (Å²) in [4.78, 5) is 59.7. The van der Waals surface area contributed by atoms with Gasteiger partial charge in [-0.05, 0) is 25.2 Å². The molecule has 12 heteroatoms. The molecule has 0 fully saturated rings. The van der Waals surface area contributed by atoms with E-state index in [-0.39, 0.29) is 12.3 Å². The smallest absolute Gasteiger partial charge is 0.328 e. The number of hydrogen-bond donors (Lipinski definition) is 7. The number of rotatable bonds is 13. The standard InChI is InChI=1S/C19H34N4O8/c1-8(2)13(20)17(28)21-11(6-7-12(25)26)16(27)22-14(9(3)4)18(29)23-15(10(5)24)19(30)31/h8-11,13-15,24H,6-7,20H2,1-5H3,(H,21,28)(H,22,27)(H,23,29)(H,25,26)(H,30,31). The lowest BCUT2D eigenvalue weighted by atomic mass is 10.0. The highest BCUT2D eigenvalue weighted by atomic mass is 16.4. The fraction of sp³-hybridized carbons (Fsp3) is 0.737. The number of amides is 3. The van der Waals surface area contributed by atoms with Gasteiger partial charge in [0.25, 0.3) is 0 Å². The number of carbonyl (C=O) groups is 5. The molecule has 178 valence electrons. The molecule has 0 aliphatic rings. The summed E-state index contributed by atoms with van der Waals surface area (Å²) in [5.74, 6) is -5.66. The highest BCUT2D eigenvalue weighted by molar-refractivity contribution is 5.94. The largest absolute Gasteiger partial charge is 0.481 e. The Balaban J connectivity index is 5.49. The summed E-state index contributed by atoms with van der Waals surface area (Å²) in [5.41, 5.74) is 5.77. The molecule has 0 aromatic rings. The van der Waals surface area contributed by atoms with Crippen LogP contribution in [-0.2, 0) is 24.0 Å². The Morgan fingerprint density at radius 2 is 1.29 bits per heavy atom. The quantitative estimate of drug-likeness (QED) is 0.174. The van der Waals surface area contributed by atoms with E-state index in [0.29, 0.717) is 0 Å². The lowest BCUT2D eigenvalue weighted by Gasteiger charge is -2.27. The number of aliphatic hydroxyl groups excluding tert-OH is 1. The lowest BCUT2D eigenvalue weighted by molar-refractivity contribution is -0.145. The van der Waals surface area contributed by atoms with Crippen molar-refractivity contribution in [1.82, 2.24) is 16.0 Å². The third-order valence-electron chi connectivity index (χ3n) is 4.59. The monoisotopic (exact) mass is 446 g/mol. The Labute approximate surface area is 180 Å². The molecule has 5 unspecified atom stereocenters. The molecule has 12 nitrogen and oxygen atoms in total. The number of aliphatic carboxylic acids is 2. The van der Waals surface area contributed by atoms with Crippen molar-refractivity contribution in [2.45, 2.75) is 77.7 Å². The van der Waals surface area contributed by atoms with Crippen molar-refractivity contribution in [2.24, 2.45) is 17.6 Å². The second-order valence-corrected chi connectivity index (χ2v) is 8.06. The summed E-state index contributed by atoms with van der Waals surface area (Å²) in [7, 11) is 0. The molecule has 0 rings (SSSR count). The van der Waals surface area contributed by atoms with E-state index in [4.69, 9.17) is 15.9 Å². The van der Waals surface area contributed by atoms with Crippen LogP contribution in [0.4, 0.5) is 0 Å². The average molecular weight is 447 g/mol. The summed E-state index contributed by atoms with van der Waals surface area (Å²) in [6, 6.07) is -4.98. The lowest BCUT2D eigenvalue weighted by Crippen LogP contribution is -2.59. The van der Waals surface area contributed by atoms with Gasteiger partial charge >= 0.3 is 11.9 Å². The van der Waals surface area contributed by atoms with Crippen LogP contribution >= 0.6 is 0 Å². The number of aliphatic hydroxyl groups is 1.